The SMILES string of the molecule is CC(C)(C)OC(=O)N1CCC(C(=O)NCCN2CCC(=C3c4ccccc4C=Cc4ccccc43)CC2)CC1. The maximum Gasteiger partial charge on any atom is 0.410 e. The fraction of sp³-hybridized carbons (Fsp3) is 0.455. The summed E-state index contributed by atoms with van der Waals surface area (Å²) in [5.74, 6) is 0.0724. The van der Waals surface area contributed by atoms with E-state index in [0.29, 0.717) is 32.5 Å². The molecule has 2 aliphatic heterocycles. The lowest BCUT2D eigenvalue weighted by Crippen LogP contribution is -2.46. The first-order valence-corrected chi connectivity index (χ1v) is 14.4. The number of nitrogens with zero attached hydrogens (tertiary/aromatic N) is 2. The Morgan fingerprint density at radius 3 is 2.00 bits per heavy atom. The van der Waals surface area contributed by atoms with Crippen molar-refractivity contribution in [3.05, 3.63) is 76.4 Å². The first-order valence-electron chi connectivity index (χ1n) is 14.4. The molecule has 3 aliphatic rings. The van der Waals surface area contributed by atoms with Gasteiger partial charge in [0, 0.05) is 45.2 Å². The van der Waals surface area contributed by atoms with Crippen LogP contribution >= 0.6 is 0 Å². The van der Waals surface area contributed by atoms with Gasteiger partial charge in [-0.25, -0.2) is 4.79 Å². The van der Waals surface area contributed by atoms with Crippen LogP contribution in [0.1, 0.15) is 68.7 Å². The molecule has 2 heterocycles. The van der Waals surface area contributed by atoms with Gasteiger partial charge in [-0.05, 0) is 74.3 Å². The van der Waals surface area contributed by atoms with Crippen molar-refractivity contribution >= 4 is 29.7 Å². The third-order valence-corrected chi connectivity index (χ3v) is 7.96. The van der Waals surface area contributed by atoms with Crippen LogP contribution in [0.5, 0.6) is 0 Å². The van der Waals surface area contributed by atoms with Crippen molar-refractivity contribution in [1.29, 1.82) is 0 Å². The molecule has 0 radical (unpaired) electrons. The third kappa shape index (κ3) is 6.62. The zero-order valence-electron chi connectivity index (χ0n) is 23.5. The largest absolute Gasteiger partial charge is 0.444 e. The molecular formula is C33H41N3O3. The van der Waals surface area contributed by atoms with E-state index in [1.165, 1.54) is 33.4 Å². The van der Waals surface area contributed by atoms with E-state index in [0.717, 1.165) is 32.5 Å². The Hall–Kier alpha value is -3.38. The normalized spacial score (nSPS) is 18.3. The molecule has 2 aromatic carbocycles. The molecule has 5 rings (SSSR count). The van der Waals surface area contributed by atoms with Gasteiger partial charge >= 0.3 is 6.09 Å². The average Bonchev–Trinajstić information content (AvgIpc) is 3.10. The van der Waals surface area contributed by atoms with E-state index in [9.17, 15) is 9.59 Å². The van der Waals surface area contributed by atoms with Crippen molar-refractivity contribution < 1.29 is 14.3 Å². The smallest absolute Gasteiger partial charge is 0.410 e. The van der Waals surface area contributed by atoms with E-state index in [-0.39, 0.29) is 17.9 Å². The summed E-state index contributed by atoms with van der Waals surface area (Å²) in [6.07, 6.45) is 7.63. The molecule has 1 N–H and O–H groups in total. The molecule has 0 unspecified atom stereocenters. The standard InChI is InChI=1S/C33H41N3O3/c1-33(2,3)39-32(38)36-21-16-27(17-22-36)31(37)34-18-23-35-19-14-26(15-20-35)30-28-10-6-4-8-24(28)12-13-25-9-5-7-11-29(25)30/h4-13,27H,14-23H2,1-3H3,(H,34,37). The van der Waals surface area contributed by atoms with Crippen LogP contribution in [-0.4, -0.2) is 66.7 Å². The number of benzene rings is 2. The Kier molecular flexibility index (Phi) is 8.22. The summed E-state index contributed by atoms with van der Waals surface area (Å²) in [4.78, 5) is 29.3. The Morgan fingerprint density at radius 2 is 1.44 bits per heavy atom. The number of rotatable bonds is 4. The van der Waals surface area contributed by atoms with Gasteiger partial charge in [0.1, 0.15) is 5.60 Å². The van der Waals surface area contributed by atoms with Crippen molar-refractivity contribution in [3.63, 3.8) is 0 Å². The second-order valence-electron chi connectivity index (χ2n) is 11.9. The van der Waals surface area contributed by atoms with E-state index < -0.39 is 5.60 Å². The molecule has 2 aromatic rings. The summed E-state index contributed by atoms with van der Waals surface area (Å²) < 4.78 is 5.47. The summed E-state index contributed by atoms with van der Waals surface area (Å²) >= 11 is 0. The Labute approximate surface area is 232 Å². The number of nitrogens with one attached hydrogen (secondary N) is 1. The summed E-state index contributed by atoms with van der Waals surface area (Å²) in [6, 6.07) is 17.4. The molecule has 39 heavy (non-hydrogen) atoms. The Balaban J connectivity index is 1.12. The van der Waals surface area contributed by atoms with E-state index >= 15 is 0 Å². The summed E-state index contributed by atoms with van der Waals surface area (Å²) in [7, 11) is 0. The van der Waals surface area contributed by atoms with Gasteiger partial charge in [0.2, 0.25) is 5.91 Å². The van der Waals surface area contributed by atoms with Crippen LogP contribution in [0, 0.1) is 5.92 Å². The van der Waals surface area contributed by atoms with Gasteiger partial charge in [-0.2, -0.15) is 0 Å². The number of fused-ring (bicyclic) bond motifs is 2. The minimum absolute atomic E-state index is 0.0367. The number of hydrogen-bond donors (Lipinski definition) is 1. The van der Waals surface area contributed by atoms with Gasteiger partial charge in [0.05, 0.1) is 0 Å². The van der Waals surface area contributed by atoms with Crippen LogP contribution in [0.4, 0.5) is 4.79 Å². The number of piperidine rings is 2. The van der Waals surface area contributed by atoms with Crippen molar-refractivity contribution in [3.8, 4) is 0 Å². The Morgan fingerprint density at radius 1 is 0.872 bits per heavy atom. The fourth-order valence-corrected chi connectivity index (χ4v) is 5.87. The highest BCUT2D eigenvalue weighted by molar-refractivity contribution is 5.95. The molecule has 2 fully saturated rings. The topological polar surface area (TPSA) is 61.9 Å². The van der Waals surface area contributed by atoms with Crippen LogP contribution in [0.25, 0.3) is 17.7 Å². The van der Waals surface area contributed by atoms with E-state index in [2.05, 4.69) is 70.9 Å². The van der Waals surface area contributed by atoms with Crippen LogP contribution < -0.4 is 5.32 Å². The maximum absolute atomic E-state index is 12.8. The van der Waals surface area contributed by atoms with Gasteiger partial charge in [0.25, 0.3) is 0 Å². The number of carbonyl (C=O) groups excluding carboxylic acids is 2. The van der Waals surface area contributed by atoms with Crippen molar-refractivity contribution in [2.45, 2.75) is 52.1 Å². The van der Waals surface area contributed by atoms with Crippen LogP contribution in [0.2, 0.25) is 0 Å². The zero-order valence-corrected chi connectivity index (χ0v) is 23.5. The van der Waals surface area contributed by atoms with E-state index in [1.807, 2.05) is 20.8 Å². The molecule has 6 heteroatoms. The molecule has 0 aromatic heterocycles. The highest BCUT2D eigenvalue weighted by atomic mass is 16.6. The van der Waals surface area contributed by atoms with Crippen molar-refractivity contribution in [2.24, 2.45) is 5.92 Å². The molecule has 2 saturated heterocycles. The summed E-state index contributed by atoms with van der Waals surface area (Å²) in [5.41, 5.74) is 7.63. The molecule has 1 aliphatic carbocycles. The number of amides is 2. The number of carbonyl (C=O) groups is 2. The van der Waals surface area contributed by atoms with Crippen LogP contribution in [0.15, 0.2) is 54.1 Å². The number of ether oxygens (including phenoxy) is 1. The molecule has 6 nitrogen and oxygen atoms in total. The highest BCUT2D eigenvalue weighted by Crippen LogP contribution is 2.38. The van der Waals surface area contributed by atoms with Gasteiger partial charge < -0.3 is 19.9 Å². The molecule has 0 atom stereocenters. The second kappa shape index (κ2) is 11.8. The van der Waals surface area contributed by atoms with Gasteiger partial charge in [-0.1, -0.05) is 66.3 Å². The van der Waals surface area contributed by atoms with Gasteiger partial charge in [-0.15, -0.1) is 0 Å². The lowest BCUT2D eigenvalue weighted by Gasteiger charge is -2.33. The lowest BCUT2D eigenvalue weighted by atomic mass is 9.86. The van der Waals surface area contributed by atoms with Crippen LogP contribution in [-0.2, 0) is 9.53 Å². The fourth-order valence-electron chi connectivity index (χ4n) is 5.87. The first-order chi connectivity index (χ1) is 18.8. The second-order valence-corrected chi connectivity index (χ2v) is 11.9. The van der Waals surface area contributed by atoms with Gasteiger partial charge in [0.15, 0.2) is 0 Å². The highest BCUT2D eigenvalue weighted by Gasteiger charge is 2.30. The average molecular weight is 528 g/mol. The quantitative estimate of drug-likeness (QED) is 0.464. The lowest BCUT2D eigenvalue weighted by molar-refractivity contribution is -0.126. The molecule has 0 bridgehead atoms. The molecule has 0 saturated carbocycles. The number of hydrogen-bond acceptors (Lipinski definition) is 4. The molecule has 0 spiro atoms. The minimum Gasteiger partial charge on any atom is -0.444 e. The van der Waals surface area contributed by atoms with Crippen molar-refractivity contribution in [2.75, 3.05) is 39.3 Å². The van der Waals surface area contributed by atoms with E-state index in [4.69, 9.17) is 4.74 Å². The maximum atomic E-state index is 12.8. The minimum atomic E-state index is -0.501. The molecule has 206 valence electrons. The Bertz CT molecular complexity index is 1200. The summed E-state index contributed by atoms with van der Waals surface area (Å²) in [6.45, 7) is 10.3. The molecule has 2 amide bonds. The molecular weight excluding hydrogens is 486 g/mol. The monoisotopic (exact) mass is 527 g/mol. The predicted octanol–water partition coefficient (Wildman–Crippen LogP) is 5.83. The first kappa shape index (κ1) is 27.2. The number of likely N-dealkylation sites (tertiary alicyclic amines) is 2. The zero-order chi connectivity index (χ0) is 27.4. The van der Waals surface area contributed by atoms with E-state index in [1.54, 1.807) is 4.90 Å². The van der Waals surface area contributed by atoms with Crippen LogP contribution in [0.3, 0.4) is 0 Å². The van der Waals surface area contributed by atoms with Crippen molar-refractivity contribution in [1.82, 2.24) is 15.1 Å². The summed E-state index contributed by atoms with van der Waals surface area (Å²) in [5, 5.41) is 3.16. The third-order valence-electron chi connectivity index (χ3n) is 7.96. The van der Waals surface area contributed by atoms with Gasteiger partial charge in [-0.3, -0.25) is 4.79 Å². The predicted molar refractivity (Wildman–Crippen MR) is 157 cm³/mol.